The highest BCUT2D eigenvalue weighted by Crippen LogP contribution is 2.49. The lowest BCUT2D eigenvalue weighted by Gasteiger charge is -2.28. The molecule has 5 heteroatoms. The van der Waals surface area contributed by atoms with Gasteiger partial charge in [0.05, 0.1) is 18.0 Å². The quantitative estimate of drug-likeness (QED) is 0.428. The fraction of sp³-hybridized carbons (Fsp3) is 1.00. The number of thioether (sulfide) groups is 1. The largest absolute Gasteiger partial charge is 0.394 e. The average Bonchev–Trinajstić information content (AvgIpc) is 2.75. The Kier molecular flexibility index (Phi) is 1.85. The van der Waals surface area contributed by atoms with Crippen LogP contribution >= 0.6 is 11.8 Å². The number of hydrogen-bond donors (Lipinski definition) is 3. The van der Waals surface area contributed by atoms with Crippen molar-refractivity contribution in [2.45, 2.75) is 29.0 Å². The molecule has 0 radical (unpaired) electrons. The monoisotopic (exact) mass is 178 g/mol. The lowest BCUT2D eigenvalue weighted by Crippen LogP contribution is -2.48. The Labute approximate surface area is 68.2 Å². The van der Waals surface area contributed by atoms with E-state index in [9.17, 15) is 10.2 Å². The van der Waals surface area contributed by atoms with Gasteiger partial charge in [0, 0.05) is 0 Å². The molecular weight excluding hydrogens is 168 g/mol. The molecule has 0 spiro atoms. The first-order valence-electron chi connectivity index (χ1n) is 3.52. The van der Waals surface area contributed by atoms with Crippen LogP contribution in [0.5, 0.6) is 0 Å². The zero-order chi connectivity index (χ0) is 8.01. The second-order valence-electron chi connectivity index (χ2n) is 2.81. The van der Waals surface area contributed by atoms with Crippen LogP contribution in [0.4, 0.5) is 0 Å². The third kappa shape index (κ3) is 1.17. The van der Waals surface area contributed by atoms with E-state index in [0.29, 0.717) is 0 Å². The second kappa shape index (κ2) is 2.60. The minimum absolute atomic E-state index is 0.00875. The second-order valence-corrected chi connectivity index (χ2v) is 4.09. The highest BCUT2D eigenvalue weighted by atomic mass is 32.2. The molecule has 0 aromatic carbocycles. The van der Waals surface area contributed by atoms with Crippen molar-refractivity contribution in [2.75, 3.05) is 6.61 Å². The number of fused-ring (bicyclic) bond motifs is 1. The molecule has 0 amide bonds. The molecule has 5 unspecified atom stereocenters. The lowest BCUT2D eigenvalue weighted by atomic mass is 10.0. The molecule has 0 aromatic heterocycles. The summed E-state index contributed by atoms with van der Waals surface area (Å²) in [5.74, 6) is 0. The molecule has 0 saturated carbocycles. The predicted molar refractivity (Wildman–Crippen MR) is 39.1 cm³/mol. The van der Waals surface area contributed by atoms with Crippen LogP contribution < -0.4 is 0 Å². The molecule has 5 atom stereocenters. The van der Waals surface area contributed by atoms with Gasteiger partial charge in [0.25, 0.3) is 0 Å². The first-order valence-corrected chi connectivity index (χ1v) is 4.46. The maximum atomic E-state index is 9.33. The van der Waals surface area contributed by atoms with Crippen LogP contribution in [0.25, 0.3) is 0 Å². The van der Waals surface area contributed by atoms with Crippen LogP contribution in [-0.4, -0.2) is 50.9 Å². The Bertz CT molecular complexity index is 165. The highest BCUT2D eigenvalue weighted by Gasteiger charge is 2.54. The number of ether oxygens (including phenoxy) is 1. The van der Waals surface area contributed by atoms with Gasteiger partial charge in [0.2, 0.25) is 0 Å². The van der Waals surface area contributed by atoms with E-state index in [0.717, 1.165) is 0 Å². The van der Waals surface area contributed by atoms with Crippen LogP contribution in [0.15, 0.2) is 0 Å². The summed E-state index contributed by atoms with van der Waals surface area (Å²) in [7, 11) is 0. The van der Waals surface area contributed by atoms with E-state index in [2.05, 4.69) is 0 Å². The Morgan fingerprint density at radius 3 is 2.64 bits per heavy atom. The molecule has 64 valence electrons. The van der Waals surface area contributed by atoms with E-state index in [4.69, 9.17) is 9.84 Å². The van der Waals surface area contributed by atoms with Crippen molar-refractivity contribution in [1.29, 1.82) is 0 Å². The maximum absolute atomic E-state index is 9.33. The van der Waals surface area contributed by atoms with Crippen LogP contribution in [0.3, 0.4) is 0 Å². The summed E-state index contributed by atoms with van der Waals surface area (Å²) < 4.78 is 5.20. The van der Waals surface area contributed by atoms with Crippen LogP contribution in [0.1, 0.15) is 0 Å². The Hall–Kier alpha value is 0.190. The van der Waals surface area contributed by atoms with Crippen molar-refractivity contribution in [3.8, 4) is 0 Å². The summed E-state index contributed by atoms with van der Waals surface area (Å²) >= 11 is 1.49. The predicted octanol–water partition coefficient (Wildman–Crippen LogP) is -1.46. The van der Waals surface area contributed by atoms with Gasteiger partial charge in [0.15, 0.2) is 0 Å². The summed E-state index contributed by atoms with van der Waals surface area (Å²) in [4.78, 5) is 0. The van der Waals surface area contributed by atoms with E-state index < -0.39 is 18.3 Å². The molecule has 2 aliphatic heterocycles. The molecule has 0 aliphatic carbocycles. The molecule has 3 N–H and O–H groups in total. The normalized spacial score (nSPS) is 55.4. The van der Waals surface area contributed by atoms with Crippen LogP contribution in [0.2, 0.25) is 0 Å². The fourth-order valence-electron chi connectivity index (χ4n) is 1.28. The van der Waals surface area contributed by atoms with Crippen LogP contribution in [0, 0.1) is 0 Å². The highest BCUT2D eigenvalue weighted by molar-refractivity contribution is 8.07. The fourth-order valence-corrected chi connectivity index (χ4v) is 2.25. The number of rotatable bonds is 1. The molecule has 2 heterocycles. The molecule has 4 nitrogen and oxygen atoms in total. The SMILES string of the molecule is OCC1OC2SC2C(O)C1O. The Balaban J connectivity index is 2.03. The summed E-state index contributed by atoms with van der Waals surface area (Å²) in [6, 6.07) is 0. The van der Waals surface area contributed by atoms with Gasteiger partial charge in [-0.2, -0.15) is 0 Å². The van der Waals surface area contributed by atoms with E-state index >= 15 is 0 Å². The van der Waals surface area contributed by atoms with Crippen LogP contribution in [-0.2, 0) is 4.74 Å². The average molecular weight is 178 g/mol. The lowest BCUT2D eigenvalue weighted by molar-refractivity contribution is -0.140. The van der Waals surface area contributed by atoms with Crippen molar-refractivity contribution in [3.63, 3.8) is 0 Å². The zero-order valence-corrected chi connectivity index (χ0v) is 6.57. The summed E-state index contributed by atoms with van der Waals surface area (Å²) in [6.45, 7) is -0.234. The summed E-state index contributed by atoms with van der Waals surface area (Å²) in [6.07, 6.45) is -2.28. The van der Waals surface area contributed by atoms with E-state index in [1.807, 2.05) is 0 Å². The summed E-state index contributed by atoms with van der Waals surface area (Å²) in [5.41, 5.74) is -0.00875. The first-order chi connectivity index (χ1) is 5.24. The van der Waals surface area contributed by atoms with E-state index in [1.54, 1.807) is 0 Å². The number of aliphatic hydroxyl groups is 3. The van der Waals surface area contributed by atoms with Crippen molar-refractivity contribution in [1.82, 2.24) is 0 Å². The van der Waals surface area contributed by atoms with E-state index in [1.165, 1.54) is 11.8 Å². The third-order valence-corrected chi connectivity index (χ3v) is 3.24. The van der Waals surface area contributed by atoms with Gasteiger partial charge in [-0.05, 0) is 0 Å². The standard InChI is InChI=1S/C6H10O4S/c7-1-2-3(8)4(9)5-6(10-2)11-5/h2-9H,1H2. The summed E-state index contributed by atoms with van der Waals surface area (Å²) in [5, 5.41) is 27.3. The molecular formula is C6H10O4S. The number of hydrogen-bond acceptors (Lipinski definition) is 5. The molecule has 2 saturated heterocycles. The van der Waals surface area contributed by atoms with Gasteiger partial charge in [0.1, 0.15) is 17.6 Å². The van der Waals surface area contributed by atoms with Gasteiger partial charge >= 0.3 is 0 Å². The molecule has 11 heavy (non-hydrogen) atoms. The van der Waals surface area contributed by atoms with Crippen molar-refractivity contribution < 1.29 is 20.1 Å². The number of aliphatic hydroxyl groups excluding tert-OH is 3. The van der Waals surface area contributed by atoms with Gasteiger partial charge in [-0.1, -0.05) is 0 Å². The smallest absolute Gasteiger partial charge is 0.118 e. The van der Waals surface area contributed by atoms with Gasteiger partial charge < -0.3 is 20.1 Å². The maximum Gasteiger partial charge on any atom is 0.118 e. The van der Waals surface area contributed by atoms with Gasteiger partial charge in [-0.3, -0.25) is 0 Å². The third-order valence-electron chi connectivity index (χ3n) is 2.04. The zero-order valence-electron chi connectivity index (χ0n) is 5.75. The topological polar surface area (TPSA) is 69.9 Å². The molecule has 0 aromatic rings. The van der Waals surface area contributed by atoms with Crippen molar-refractivity contribution in [2.24, 2.45) is 0 Å². The van der Waals surface area contributed by atoms with E-state index in [-0.39, 0.29) is 17.3 Å². The Morgan fingerprint density at radius 2 is 2.00 bits per heavy atom. The molecule has 2 rings (SSSR count). The minimum Gasteiger partial charge on any atom is -0.394 e. The van der Waals surface area contributed by atoms with Gasteiger partial charge in [-0.15, -0.1) is 11.8 Å². The molecule has 2 aliphatic rings. The van der Waals surface area contributed by atoms with Crippen molar-refractivity contribution >= 4 is 11.8 Å². The first kappa shape index (κ1) is 7.82. The molecule has 2 fully saturated rings. The van der Waals surface area contributed by atoms with Crippen molar-refractivity contribution in [3.05, 3.63) is 0 Å². The molecule has 0 bridgehead atoms. The Morgan fingerprint density at radius 1 is 1.27 bits per heavy atom. The van der Waals surface area contributed by atoms with Gasteiger partial charge in [-0.25, -0.2) is 0 Å². The minimum atomic E-state index is -0.934.